The summed E-state index contributed by atoms with van der Waals surface area (Å²) in [6.45, 7) is 9.56. The molecule has 0 spiro atoms. The summed E-state index contributed by atoms with van der Waals surface area (Å²) in [6, 6.07) is 6.00. The van der Waals surface area contributed by atoms with E-state index in [1.54, 1.807) is 0 Å². The molecule has 0 bridgehead atoms. The summed E-state index contributed by atoms with van der Waals surface area (Å²) in [6.07, 6.45) is 0. The highest BCUT2D eigenvalue weighted by molar-refractivity contribution is 6.31. The highest BCUT2D eigenvalue weighted by Gasteiger charge is 2.16. The zero-order valence-corrected chi connectivity index (χ0v) is 12.5. The van der Waals surface area contributed by atoms with Crippen molar-refractivity contribution in [1.29, 1.82) is 0 Å². The average molecular weight is 281 g/mol. The van der Waals surface area contributed by atoms with E-state index >= 15 is 0 Å². The number of likely N-dealkylation sites (N-methyl/N-ethyl adjacent to an activating group) is 1. The minimum Gasteiger partial charge on any atom is -0.369 e. The lowest BCUT2D eigenvalue weighted by Crippen LogP contribution is -2.29. The molecule has 104 valence electrons. The number of halogens is 1. The summed E-state index contributed by atoms with van der Waals surface area (Å²) in [5.74, 6) is 0.553. The maximum atomic E-state index is 6.05. The Morgan fingerprint density at radius 3 is 2.68 bits per heavy atom. The lowest BCUT2D eigenvalue weighted by Gasteiger charge is -2.24. The number of nitrogens with two attached hydrogens (primary N) is 1. The second-order valence-electron chi connectivity index (χ2n) is 4.81. The van der Waals surface area contributed by atoms with Crippen molar-refractivity contribution >= 4 is 28.6 Å². The van der Waals surface area contributed by atoms with Gasteiger partial charge in [0.15, 0.2) is 0 Å². The van der Waals surface area contributed by atoms with Crippen molar-refractivity contribution < 1.29 is 0 Å². The number of rotatable bonds is 5. The van der Waals surface area contributed by atoms with Crippen LogP contribution in [0, 0.1) is 0 Å². The second kappa shape index (κ2) is 5.80. The van der Waals surface area contributed by atoms with Crippen LogP contribution < -0.4 is 5.73 Å². The van der Waals surface area contributed by atoms with Gasteiger partial charge < -0.3 is 15.2 Å². The summed E-state index contributed by atoms with van der Waals surface area (Å²) in [5.41, 5.74) is 7.95. The third-order valence-electron chi connectivity index (χ3n) is 3.54. The van der Waals surface area contributed by atoms with E-state index in [1.165, 1.54) is 0 Å². The van der Waals surface area contributed by atoms with Crippen molar-refractivity contribution in [1.82, 2.24) is 14.5 Å². The standard InChI is InChI=1S/C14H21ClN4/c1-4-18(5-2)9-10(3)19-13-7-6-11(15)8-12(13)17-14(19)16/h6-8,10H,4-5,9H2,1-3H3,(H2,16,17). The molecule has 19 heavy (non-hydrogen) atoms. The van der Waals surface area contributed by atoms with Crippen LogP contribution in [0.1, 0.15) is 26.8 Å². The maximum absolute atomic E-state index is 6.05. The minimum absolute atomic E-state index is 0.283. The van der Waals surface area contributed by atoms with Crippen molar-refractivity contribution in [2.45, 2.75) is 26.8 Å². The average Bonchev–Trinajstić information content (AvgIpc) is 2.70. The van der Waals surface area contributed by atoms with Crippen LogP contribution in [0.25, 0.3) is 11.0 Å². The van der Waals surface area contributed by atoms with Crippen LogP contribution in [0.5, 0.6) is 0 Å². The highest BCUT2D eigenvalue weighted by Crippen LogP contribution is 2.25. The number of nitrogen functional groups attached to an aromatic ring is 1. The molecule has 0 saturated carbocycles. The van der Waals surface area contributed by atoms with Gasteiger partial charge in [-0.15, -0.1) is 0 Å². The summed E-state index contributed by atoms with van der Waals surface area (Å²) < 4.78 is 2.09. The molecule has 1 unspecified atom stereocenters. The first kappa shape index (κ1) is 14.2. The molecule has 0 saturated heterocycles. The molecule has 4 nitrogen and oxygen atoms in total. The van der Waals surface area contributed by atoms with Crippen LogP contribution in [-0.4, -0.2) is 34.1 Å². The van der Waals surface area contributed by atoms with Crippen molar-refractivity contribution in [3.63, 3.8) is 0 Å². The van der Waals surface area contributed by atoms with Gasteiger partial charge in [0.25, 0.3) is 0 Å². The molecule has 1 aromatic carbocycles. The fraction of sp³-hybridized carbons (Fsp3) is 0.500. The van der Waals surface area contributed by atoms with E-state index in [0.29, 0.717) is 11.0 Å². The zero-order chi connectivity index (χ0) is 14.0. The maximum Gasteiger partial charge on any atom is 0.201 e. The van der Waals surface area contributed by atoms with Crippen molar-refractivity contribution in [3.8, 4) is 0 Å². The molecule has 0 aliphatic carbocycles. The number of fused-ring (bicyclic) bond motifs is 1. The first-order chi connectivity index (χ1) is 9.06. The second-order valence-corrected chi connectivity index (χ2v) is 5.24. The highest BCUT2D eigenvalue weighted by atomic mass is 35.5. The summed E-state index contributed by atoms with van der Waals surface area (Å²) >= 11 is 5.99. The Morgan fingerprint density at radius 1 is 1.37 bits per heavy atom. The van der Waals surface area contributed by atoms with E-state index in [-0.39, 0.29) is 6.04 Å². The molecular formula is C14H21ClN4. The Balaban J connectivity index is 2.36. The fourth-order valence-corrected chi connectivity index (χ4v) is 2.66. The molecule has 1 heterocycles. The van der Waals surface area contributed by atoms with Gasteiger partial charge in [-0.2, -0.15) is 0 Å². The van der Waals surface area contributed by atoms with Crippen LogP contribution in [0.15, 0.2) is 18.2 Å². The summed E-state index contributed by atoms with van der Waals surface area (Å²) in [5, 5.41) is 0.688. The molecule has 2 N–H and O–H groups in total. The van der Waals surface area contributed by atoms with Gasteiger partial charge in [-0.25, -0.2) is 4.98 Å². The predicted octanol–water partition coefficient (Wildman–Crippen LogP) is 3.17. The quantitative estimate of drug-likeness (QED) is 0.915. The van der Waals surface area contributed by atoms with E-state index in [2.05, 4.69) is 35.2 Å². The molecule has 0 aliphatic rings. The van der Waals surface area contributed by atoms with Gasteiger partial charge in [0.1, 0.15) is 0 Å². The lowest BCUT2D eigenvalue weighted by atomic mass is 10.2. The molecule has 0 amide bonds. The van der Waals surface area contributed by atoms with Gasteiger partial charge in [-0.1, -0.05) is 25.4 Å². The van der Waals surface area contributed by atoms with E-state index in [0.717, 1.165) is 30.7 Å². The molecule has 1 aromatic heterocycles. The Labute approximate surface area is 119 Å². The van der Waals surface area contributed by atoms with E-state index < -0.39 is 0 Å². The number of nitrogens with zero attached hydrogens (tertiary/aromatic N) is 3. The number of anilines is 1. The number of imidazole rings is 1. The van der Waals surface area contributed by atoms with Gasteiger partial charge in [-0.05, 0) is 38.2 Å². The van der Waals surface area contributed by atoms with E-state index in [1.807, 2.05) is 18.2 Å². The Hall–Kier alpha value is -1.26. The normalized spacial score (nSPS) is 13.3. The predicted molar refractivity (Wildman–Crippen MR) is 81.7 cm³/mol. The zero-order valence-electron chi connectivity index (χ0n) is 11.7. The van der Waals surface area contributed by atoms with Gasteiger partial charge in [-0.3, -0.25) is 0 Å². The van der Waals surface area contributed by atoms with Crippen molar-refractivity contribution in [2.75, 3.05) is 25.4 Å². The van der Waals surface area contributed by atoms with Crippen LogP contribution in [0.4, 0.5) is 5.95 Å². The van der Waals surface area contributed by atoms with Crippen LogP contribution in [0.3, 0.4) is 0 Å². The smallest absolute Gasteiger partial charge is 0.201 e. The van der Waals surface area contributed by atoms with Crippen LogP contribution in [0.2, 0.25) is 5.02 Å². The van der Waals surface area contributed by atoms with Gasteiger partial charge in [0, 0.05) is 17.6 Å². The molecule has 2 aromatic rings. The molecule has 5 heteroatoms. The first-order valence-corrected chi connectivity index (χ1v) is 7.09. The number of aromatic nitrogens is 2. The first-order valence-electron chi connectivity index (χ1n) is 6.72. The van der Waals surface area contributed by atoms with Gasteiger partial charge in [0.2, 0.25) is 5.95 Å². The fourth-order valence-electron chi connectivity index (χ4n) is 2.49. The largest absolute Gasteiger partial charge is 0.369 e. The molecule has 0 fully saturated rings. The van der Waals surface area contributed by atoms with Crippen molar-refractivity contribution in [2.24, 2.45) is 0 Å². The van der Waals surface area contributed by atoms with Crippen molar-refractivity contribution in [3.05, 3.63) is 23.2 Å². The molecule has 0 aliphatic heterocycles. The Kier molecular flexibility index (Phi) is 4.32. The SMILES string of the molecule is CCN(CC)CC(C)n1c(N)nc2cc(Cl)ccc21. The summed E-state index contributed by atoms with van der Waals surface area (Å²) in [7, 11) is 0. The van der Waals surface area contributed by atoms with E-state index in [9.17, 15) is 0 Å². The monoisotopic (exact) mass is 280 g/mol. The Bertz CT molecular complexity index is 560. The third kappa shape index (κ3) is 2.85. The topological polar surface area (TPSA) is 47.1 Å². The van der Waals surface area contributed by atoms with Crippen LogP contribution >= 0.6 is 11.6 Å². The molecular weight excluding hydrogens is 260 g/mol. The van der Waals surface area contributed by atoms with E-state index in [4.69, 9.17) is 17.3 Å². The van der Waals surface area contributed by atoms with Crippen LogP contribution in [-0.2, 0) is 0 Å². The Morgan fingerprint density at radius 2 is 2.05 bits per heavy atom. The van der Waals surface area contributed by atoms with Gasteiger partial charge in [0.05, 0.1) is 11.0 Å². The minimum atomic E-state index is 0.283. The van der Waals surface area contributed by atoms with Gasteiger partial charge >= 0.3 is 0 Å². The number of hydrogen-bond donors (Lipinski definition) is 1. The number of benzene rings is 1. The molecule has 1 atom stereocenters. The molecule has 2 rings (SSSR count). The molecule has 0 radical (unpaired) electrons. The number of hydrogen-bond acceptors (Lipinski definition) is 3. The third-order valence-corrected chi connectivity index (χ3v) is 3.77. The lowest BCUT2D eigenvalue weighted by molar-refractivity contribution is 0.264. The summed E-state index contributed by atoms with van der Waals surface area (Å²) in [4.78, 5) is 6.77.